The average molecular weight is 744 g/mol. The summed E-state index contributed by atoms with van der Waals surface area (Å²) in [6, 6.07) is 80.1. The molecule has 0 unspecified atom stereocenters. The van der Waals surface area contributed by atoms with Crippen molar-refractivity contribution in [2.75, 3.05) is 14.7 Å². The maximum atomic E-state index is 6.64. The van der Waals surface area contributed by atoms with Crippen LogP contribution in [0.2, 0.25) is 0 Å². The first-order chi connectivity index (χ1) is 28.8. The Labute approximate surface area is 337 Å². The summed E-state index contributed by atoms with van der Waals surface area (Å²) < 4.78 is 6.64. The van der Waals surface area contributed by atoms with E-state index in [1.807, 2.05) is 0 Å². The lowest BCUT2D eigenvalue weighted by molar-refractivity contribution is 0.669. The second-order valence-corrected chi connectivity index (χ2v) is 14.6. The number of fused-ring (bicyclic) bond motifs is 2. The Morgan fingerprint density at radius 1 is 0.293 bits per heavy atom. The van der Waals surface area contributed by atoms with Gasteiger partial charge in [0.25, 0.3) is 0 Å². The summed E-state index contributed by atoms with van der Waals surface area (Å²) in [5.41, 5.74) is 15.9. The number of benzene rings is 9. The molecule has 4 nitrogen and oxygen atoms in total. The van der Waals surface area contributed by atoms with Gasteiger partial charge in [-0.2, -0.15) is 0 Å². The SMILES string of the molecule is c1ccc(-c2ccc(N(c3ccc(-c4ccccc4)cc3)c3cc4cc(c3)N(c3ccccc3)c3cccc5oc6cccc(c6c35)N4c3ccccc3)cc2)cc1. The zero-order valence-corrected chi connectivity index (χ0v) is 31.6. The van der Waals surface area contributed by atoms with Gasteiger partial charge in [0.15, 0.2) is 0 Å². The van der Waals surface area contributed by atoms with Crippen LogP contribution in [0.3, 0.4) is 0 Å². The number of para-hydroxylation sites is 2. The highest BCUT2D eigenvalue weighted by molar-refractivity contribution is 6.20. The van der Waals surface area contributed by atoms with Crippen LogP contribution in [0.1, 0.15) is 0 Å². The molecule has 0 N–H and O–H groups in total. The molecule has 0 saturated heterocycles. The van der Waals surface area contributed by atoms with Gasteiger partial charge in [-0.05, 0) is 113 Å². The van der Waals surface area contributed by atoms with E-state index in [4.69, 9.17) is 4.42 Å². The molecule has 0 fully saturated rings. The van der Waals surface area contributed by atoms with Gasteiger partial charge in [0.1, 0.15) is 11.2 Å². The molecule has 1 aromatic heterocycles. The van der Waals surface area contributed by atoms with E-state index < -0.39 is 0 Å². The molecule has 0 radical (unpaired) electrons. The molecule has 0 spiro atoms. The van der Waals surface area contributed by atoms with Crippen LogP contribution < -0.4 is 14.7 Å². The Kier molecular flexibility index (Phi) is 8.11. The molecule has 2 heterocycles. The lowest BCUT2D eigenvalue weighted by atomic mass is 10.0. The van der Waals surface area contributed by atoms with E-state index in [1.54, 1.807) is 0 Å². The first kappa shape index (κ1) is 33.5. The molecule has 11 rings (SSSR count). The van der Waals surface area contributed by atoms with Crippen LogP contribution in [-0.2, 0) is 0 Å². The van der Waals surface area contributed by atoms with Crippen molar-refractivity contribution in [2.45, 2.75) is 0 Å². The Bertz CT molecular complexity index is 2830. The molecule has 9 aromatic carbocycles. The van der Waals surface area contributed by atoms with Crippen molar-refractivity contribution in [3.63, 3.8) is 0 Å². The predicted molar refractivity (Wildman–Crippen MR) is 242 cm³/mol. The minimum absolute atomic E-state index is 0.850. The van der Waals surface area contributed by atoms with Crippen LogP contribution in [0.4, 0.5) is 51.2 Å². The fraction of sp³-hybridized carbons (Fsp3) is 0. The number of rotatable bonds is 7. The third-order valence-electron chi connectivity index (χ3n) is 11.1. The highest BCUT2D eigenvalue weighted by Gasteiger charge is 2.28. The summed E-state index contributed by atoms with van der Waals surface area (Å²) >= 11 is 0. The van der Waals surface area contributed by atoms with Crippen molar-refractivity contribution in [3.8, 4) is 22.3 Å². The summed E-state index contributed by atoms with van der Waals surface area (Å²) in [5, 5.41) is 2.15. The molecular weight excluding hydrogens is 707 g/mol. The van der Waals surface area contributed by atoms with Crippen LogP contribution in [0, 0.1) is 0 Å². The molecule has 1 aliphatic rings. The van der Waals surface area contributed by atoms with Gasteiger partial charge in [0, 0.05) is 22.7 Å². The minimum atomic E-state index is 0.850. The minimum Gasteiger partial charge on any atom is -0.456 e. The number of furan rings is 1. The van der Waals surface area contributed by atoms with Crippen molar-refractivity contribution in [2.24, 2.45) is 0 Å². The largest absolute Gasteiger partial charge is 0.456 e. The topological polar surface area (TPSA) is 22.9 Å². The molecule has 0 amide bonds. The van der Waals surface area contributed by atoms with Gasteiger partial charge in [0.2, 0.25) is 0 Å². The Balaban J connectivity index is 1.19. The highest BCUT2D eigenvalue weighted by atomic mass is 16.3. The number of anilines is 9. The van der Waals surface area contributed by atoms with Gasteiger partial charge in [0.05, 0.1) is 39.2 Å². The predicted octanol–water partition coefficient (Wildman–Crippen LogP) is 15.6. The fourth-order valence-electron chi connectivity index (χ4n) is 8.49. The Morgan fingerprint density at radius 2 is 0.672 bits per heavy atom. The molecule has 1 aliphatic heterocycles. The van der Waals surface area contributed by atoms with E-state index in [2.05, 4.69) is 239 Å². The molecule has 0 atom stereocenters. The summed E-state index contributed by atoms with van der Waals surface area (Å²) in [4.78, 5) is 7.14. The normalized spacial score (nSPS) is 12.1. The van der Waals surface area contributed by atoms with Gasteiger partial charge >= 0.3 is 0 Å². The van der Waals surface area contributed by atoms with Gasteiger partial charge in [-0.3, -0.25) is 0 Å². The van der Waals surface area contributed by atoms with Crippen molar-refractivity contribution < 1.29 is 4.42 Å². The second kappa shape index (κ2) is 14.0. The number of hydrogen-bond donors (Lipinski definition) is 0. The first-order valence-corrected chi connectivity index (χ1v) is 19.7. The molecule has 274 valence electrons. The number of nitrogens with zero attached hydrogens (tertiary/aromatic N) is 3. The van der Waals surface area contributed by atoms with Crippen molar-refractivity contribution in [1.29, 1.82) is 0 Å². The van der Waals surface area contributed by atoms with E-state index >= 15 is 0 Å². The zero-order valence-electron chi connectivity index (χ0n) is 31.6. The summed E-state index contributed by atoms with van der Waals surface area (Å²) in [6.07, 6.45) is 0. The molecule has 2 bridgehead atoms. The van der Waals surface area contributed by atoms with Crippen LogP contribution >= 0.6 is 0 Å². The van der Waals surface area contributed by atoms with E-state index in [0.29, 0.717) is 0 Å². The van der Waals surface area contributed by atoms with Gasteiger partial charge in [-0.1, -0.05) is 133 Å². The molecule has 58 heavy (non-hydrogen) atoms. The molecule has 0 aliphatic carbocycles. The molecule has 10 aromatic rings. The maximum Gasteiger partial charge on any atom is 0.137 e. The van der Waals surface area contributed by atoms with Crippen LogP contribution in [0.5, 0.6) is 0 Å². The summed E-state index contributed by atoms with van der Waals surface area (Å²) in [6.45, 7) is 0. The zero-order chi connectivity index (χ0) is 38.4. The average Bonchev–Trinajstić information content (AvgIpc) is 3.70. The van der Waals surface area contributed by atoms with Crippen molar-refractivity contribution >= 4 is 73.1 Å². The van der Waals surface area contributed by atoms with E-state index in [0.717, 1.165) is 73.1 Å². The lowest BCUT2D eigenvalue weighted by Gasteiger charge is -2.32. The highest BCUT2D eigenvalue weighted by Crippen LogP contribution is 2.52. The van der Waals surface area contributed by atoms with Crippen LogP contribution in [-0.4, -0.2) is 0 Å². The van der Waals surface area contributed by atoms with E-state index in [9.17, 15) is 0 Å². The first-order valence-electron chi connectivity index (χ1n) is 19.7. The van der Waals surface area contributed by atoms with Gasteiger partial charge in [-0.15, -0.1) is 0 Å². The summed E-state index contributed by atoms with van der Waals surface area (Å²) in [7, 11) is 0. The van der Waals surface area contributed by atoms with Gasteiger partial charge in [-0.25, -0.2) is 0 Å². The smallest absolute Gasteiger partial charge is 0.137 e. The van der Waals surface area contributed by atoms with Gasteiger partial charge < -0.3 is 19.1 Å². The van der Waals surface area contributed by atoms with E-state index in [1.165, 1.54) is 22.3 Å². The monoisotopic (exact) mass is 743 g/mol. The Hall–Kier alpha value is -7.82. The maximum absolute atomic E-state index is 6.64. The molecular formula is C54H37N3O. The third-order valence-corrected chi connectivity index (χ3v) is 11.1. The Morgan fingerprint density at radius 3 is 1.09 bits per heavy atom. The quantitative estimate of drug-likeness (QED) is 0.162. The summed E-state index contributed by atoms with van der Waals surface area (Å²) in [5.74, 6) is 0. The third kappa shape index (κ3) is 5.78. The lowest BCUT2D eigenvalue weighted by Crippen LogP contribution is -2.15. The second-order valence-electron chi connectivity index (χ2n) is 14.6. The molecule has 0 saturated carbocycles. The number of hydrogen-bond acceptors (Lipinski definition) is 4. The standard InChI is InChI=1S/C54H37N3O/c1-5-15-38(16-6-1)40-27-31-44(32-28-40)55(45-33-29-41(30-34-45)39-17-7-2-8-18-39)46-35-47-37-48(36-46)57(43-21-11-4-12-22-43)50-24-14-26-52-54(50)53-49(23-13-25-51(53)58-52)56(47)42-19-9-3-10-20-42/h1-37H. The van der Waals surface area contributed by atoms with Crippen LogP contribution in [0.25, 0.3) is 44.2 Å². The fourth-order valence-corrected chi connectivity index (χ4v) is 8.49. The van der Waals surface area contributed by atoms with Crippen molar-refractivity contribution in [3.05, 3.63) is 224 Å². The van der Waals surface area contributed by atoms with E-state index in [-0.39, 0.29) is 0 Å². The molecule has 4 heteroatoms. The van der Waals surface area contributed by atoms with Crippen molar-refractivity contribution in [1.82, 2.24) is 0 Å². The van der Waals surface area contributed by atoms with Crippen LogP contribution in [0.15, 0.2) is 229 Å².